The molecule has 0 aromatic heterocycles. The third-order valence-corrected chi connectivity index (χ3v) is 4.82. The van der Waals surface area contributed by atoms with Crippen LogP contribution in [0.25, 0.3) is 0 Å². The minimum absolute atomic E-state index is 0.422. The predicted octanol–water partition coefficient (Wildman–Crippen LogP) is 5.35. The Morgan fingerprint density at radius 2 is 2.11 bits per heavy atom. The van der Waals surface area contributed by atoms with Crippen LogP contribution in [-0.4, -0.2) is 6.54 Å². The summed E-state index contributed by atoms with van der Waals surface area (Å²) in [6.45, 7) is 7.40. The van der Waals surface area contributed by atoms with Crippen molar-refractivity contribution in [2.24, 2.45) is 17.6 Å². The Balaban J connectivity index is 2.91. The highest BCUT2D eigenvalue weighted by Gasteiger charge is 2.25. The van der Waals surface area contributed by atoms with E-state index in [1.165, 1.54) is 17.6 Å². The molecule has 1 aliphatic rings. The predicted molar refractivity (Wildman–Crippen MR) is 86.4 cm³/mol. The van der Waals surface area contributed by atoms with Crippen molar-refractivity contribution in [1.29, 1.82) is 0 Å². The van der Waals surface area contributed by atoms with Crippen molar-refractivity contribution in [2.45, 2.75) is 46.5 Å². The van der Waals surface area contributed by atoms with Crippen LogP contribution in [0.3, 0.4) is 0 Å². The summed E-state index contributed by atoms with van der Waals surface area (Å²) in [6.07, 6.45) is 8.31. The normalized spacial score (nSPS) is 22.5. The smallest absolute Gasteiger partial charge is 0.0548 e. The summed E-state index contributed by atoms with van der Waals surface area (Å²) >= 11 is 12.2. The lowest BCUT2D eigenvalue weighted by molar-refractivity contribution is 0.422. The molecule has 2 unspecified atom stereocenters. The first-order chi connectivity index (χ1) is 9.01. The van der Waals surface area contributed by atoms with E-state index in [1.54, 1.807) is 0 Å². The standard InChI is InChI=1S/C16H25Cl2N/c1-4-5-11(2)12(3)14(8-9-19)13-6-7-15(17)16(18)10-13/h6-7,13-14H,4-5,8-10,19H2,1-3H3/b12-11+. The zero-order chi connectivity index (χ0) is 14.4. The largest absolute Gasteiger partial charge is 0.330 e. The van der Waals surface area contributed by atoms with Gasteiger partial charge in [-0.05, 0) is 57.6 Å². The van der Waals surface area contributed by atoms with Gasteiger partial charge in [0.1, 0.15) is 0 Å². The van der Waals surface area contributed by atoms with E-state index in [4.69, 9.17) is 28.9 Å². The Morgan fingerprint density at radius 1 is 1.42 bits per heavy atom. The highest BCUT2D eigenvalue weighted by molar-refractivity contribution is 6.40. The Labute approximate surface area is 127 Å². The molecule has 0 amide bonds. The Bertz CT molecular complexity index is 394. The fourth-order valence-electron chi connectivity index (χ4n) is 2.77. The number of hydrogen-bond acceptors (Lipinski definition) is 1. The Morgan fingerprint density at radius 3 is 2.63 bits per heavy atom. The van der Waals surface area contributed by atoms with Crippen molar-refractivity contribution in [3.63, 3.8) is 0 Å². The van der Waals surface area contributed by atoms with Crippen LogP contribution in [0, 0.1) is 11.8 Å². The maximum Gasteiger partial charge on any atom is 0.0548 e. The van der Waals surface area contributed by atoms with Crippen LogP contribution >= 0.6 is 23.2 Å². The zero-order valence-corrected chi connectivity index (χ0v) is 13.7. The van der Waals surface area contributed by atoms with Crippen LogP contribution in [0.4, 0.5) is 0 Å². The molecule has 0 aromatic carbocycles. The van der Waals surface area contributed by atoms with Crippen molar-refractivity contribution in [2.75, 3.05) is 6.54 Å². The highest BCUT2D eigenvalue weighted by Crippen LogP contribution is 2.38. The molecule has 3 heteroatoms. The third kappa shape index (κ3) is 4.66. The van der Waals surface area contributed by atoms with E-state index in [9.17, 15) is 0 Å². The molecule has 19 heavy (non-hydrogen) atoms. The molecule has 0 spiro atoms. The average Bonchev–Trinajstić information content (AvgIpc) is 2.39. The molecule has 1 rings (SSSR count). The summed E-state index contributed by atoms with van der Waals surface area (Å²) in [5, 5.41) is 1.45. The minimum atomic E-state index is 0.422. The third-order valence-electron chi connectivity index (χ3n) is 4.01. The summed E-state index contributed by atoms with van der Waals surface area (Å²) in [6, 6.07) is 0. The lowest BCUT2D eigenvalue weighted by Gasteiger charge is -2.29. The first-order valence-electron chi connectivity index (χ1n) is 7.09. The van der Waals surface area contributed by atoms with Gasteiger partial charge in [0, 0.05) is 5.03 Å². The van der Waals surface area contributed by atoms with E-state index in [0.717, 1.165) is 24.3 Å². The summed E-state index contributed by atoms with van der Waals surface area (Å²) < 4.78 is 0. The van der Waals surface area contributed by atoms with Crippen molar-refractivity contribution < 1.29 is 0 Å². The van der Waals surface area contributed by atoms with Crippen LogP contribution in [0.1, 0.15) is 46.5 Å². The molecular formula is C16H25Cl2N. The average molecular weight is 302 g/mol. The SMILES string of the molecule is CCC/C(C)=C(\C)C(CCN)C1C=CC(Cl)=C(Cl)C1. The van der Waals surface area contributed by atoms with E-state index in [2.05, 4.69) is 26.8 Å². The van der Waals surface area contributed by atoms with E-state index in [-0.39, 0.29) is 0 Å². The van der Waals surface area contributed by atoms with Gasteiger partial charge < -0.3 is 5.73 Å². The van der Waals surface area contributed by atoms with Crippen LogP contribution in [0.5, 0.6) is 0 Å². The molecule has 1 nitrogen and oxygen atoms in total. The van der Waals surface area contributed by atoms with Gasteiger partial charge in [-0.25, -0.2) is 0 Å². The van der Waals surface area contributed by atoms with Gasteiger partial charge in [-0.15, -0.1) is 0 Å². The molecule has 0 heterocycles. The molecule has 2 N–H and O–H groups in total. The molecule has 0 saturated heterocycles. The first-order valence-corrected chi connectivity index (χ1v) is 7.85. The molecule has 0 bridgehead atoms. The second-order valence-electron chi connectivity index (χ2n) is 5.38. The zero-order valence-electron chi connectivity index (χ0n) is 12.2. The fraction of sp³-hybridized carbons (Fsp3) is 0.625. The van der Waals surface area contributed by atoms with Crippen LogP contribution in [-0.2, 0) is 0 Å². The first kappa shape index (κ1) is 16.8. The lowest BCUT2D eigenvalue weighted by atomic mass is 9.78. The van der Waals surface area contributed by atoms with E-state index >= 15 is 0 Å². The van der Waals surface area contributed by atoms with Crippen LogP contribution in [0.15, 0.2) is 33.4 Å². The molecule has 0 saturated carbocycles. The van der Waals surface area contributed by atoms with Gasteiger partial charge in [-0.3, -0.25) is 0 Å². The number of halogens is 2. The van der Waals surface area contributed by atoms with Crippen molar-refractivity contribution in [1.82, 2.24) is 0 Å². The molecule has 0 radical (unpaired) electrons. The topological polar surface area (TPSA) is 26.0 Å². The maximum atomic E-state index is 6.20. The monoisotopic (exact) mass is 301 g/mol. The van der Waals surface area contributed by atoms with Crippen molar-refractivity contribution in [3.05, 3.63) is 33.4 Å². The van der Waals surface area contributed by atoms with Gasteiger partial charge in [0.15, 0.2) is 0 Å². The number of allylic oxidation sites excluding steroid dienone is 6. The van der Waals surface area contributed by atoms with Gasteiger partial charge in [0.2, 0.25) is 0 Å². The van der Waals surface area contributed by atoms with Crippen molar-refractivity contribution in [3.8, 4) is 0 Å². The van der Waals surface area contributed by atoms with Gasteiger partial charge in [0.05, 0.1) is 5.03 Å². The van der Waals surface area contributed by atoms with E-state index in [1.807, 2.05) is 6.08 Å². The van der Waals surface area contributed by atoms with Gasteiger partial charge in [0.25, 0.3) is 0 Å². The van der Waals surface area contributed by atoms with Crippen LogP contribution < -0.4 is 5.73 Å². The highest BCUT2D eigenvalue weighted by atomic mass is 35.5. The molecule has 2 atom stereocenters. The number of nitrogens with two attached hydrogens (primary N) is 1. The second kappa shape index (κ2) is 8.14. The summed E-state index contributed by atoms with van der Waals surface area (Å²) in [5.74, 6) is 0.900. The molecule has 0 fully saturated rings. The van der Waals surface area contributed by atoms with Gasteiger partial charge >= 0.3 is 0 Å². The van der Waals surface area contributed by atoms with E-state index < -0.39 is 0 Å². The summed E-state index contributed by atoms with van der Waals surface area (Å²) in [4.78, 5) is 0. The Kier molecular flexibility index (Phi) is 7.20. The minimum Gasteiger partial charge on any atom is -0.330 e. The number of hydrogen-bond donors (Lipinski definition) is 1. The molecular weight excluding hydrogens is 277 g/mol. The molecule has 0 aromatic rings. The summed E-state index contributed by atoms with van der Waals surface area (Å²) in [7, 11) is 0. The second-order valence-corrected chi connectivity index (χ2v) is 6.24. The molecule has 108 valence electrons. The van der Waals surface area contributed by atoms with Crippen molar-refractivity contribution >= 4 is 23.2 Å². The van der Waals surface area contributed by atoms with E-state index in [0.29, 0.717) is 23.4 Å². The lowest BCUT2D eigenvalue weighted by Crippen LogP contribution is -2.20. The maximum absolute atomic E-state index is 6.20. The summed E-state index contributed by atoms with van der Waals surface area (Å²) in [5.41, 5.74) is 8.76. The fourth-order valence-corrected chi connectivity index (χ4v) is 3.16. The van der Waals surface area contributed by atoms with Gasteiger partial charge in [-0.1, -0.05) is 53.8 Å². The quantitative estimate of drug-likeness (QED) is 0.657. The van der Waals surface area contributed by atoms with Gasteiger partial charge in [-0.2, -0.15) is 0 Å². The molecule has 1 aliphatic carbocycles. The van der Waals surface area contributed by atoms with Crippen LogP contribution in [0.2, 0.25) is 0 Å². The molecule has 0 aliphatic heterocycles. The number of rotatable bonds is 6. The Hall–Kier alpha value is -0.240.